The van der Waals surface area contributed by atoms with Crippen LogP contribution >= 0.6 is 0 Å². The molecule has 0 bridgehead atoms. The molecule has 0 saturated heterocycles. The summed E-state index contributed by atoms with van der Waals surface area (Å²) in [7, 11) is 0. The first-order valence-corrected chi connectivity index (χ1v) is 9.59. The highest BCUT2D eigenvalue weighted by atomic mass is 19.3. The van der Waals surface area contributed by atoms with Gasteiger partial charge >= 0.3 is 6.29 Å². The van der Waals surface area contributed by atoms with E-state index < -0.39 is 18.0 Å². The van der Waals surface area contributed by atoms with Crippen molar-refractivity contribution < 1.29 is 32.5 Å². The normalized spacial score (nSPS) is 25.1. The topological polar surface area (TPSA) is 46.2 Å². The summed E-state index contributed by atoms with van der Waals surface area (Å²) < 4.78 is 56.7. The molecule has 3 aromatic rings. The Hall–Kier alpha value is -3.32. The van der Waals surface area contributed by atoms with Crippen LogP contribution in [-0.4, -0.2) is 19.5 Å². The molecule has 0 N–H and O–H groups in total. The Balaban J connectivity index is 1.61. The second-order valence-corrected chi connectivity index (χ2v) is 7.29. The maximum Gasteiger partial charge on any atom is 0.536 e. The van der Waals surface area contributed by atoms with Crippen LogP contribution in [0.5, 0.6) is 23.0 Å². The summed E-state index contributed by atoms with van der Waals surface area (Å²) >= 11 is 0. The molecule has 152 valence electrons. The van der Waals surface area contributed by atoms with Gasteiger partial charge in [-0.3, -0.25) is 4.74 Å². The van der Waals surface area contributed by atoms with E-state index in [1.807, 2.05) is 30.3 Å². The first-order valence-electron chi connectivity index (χ1n) is 9.59. The quantitative estimate of drug-likeness (QED) is 0.608. The molecule has 2 atom stereocenters. The van der Waals surface area contributed by atoms with Crippen LogP contribution in [0, 0.1) is 0 Å². The van der Waals surface area contributed by atoms with Crippen molar-refractivity contribution in [3.05, 3.63) is 83.4 Å². The van der Waals surface area contributed by atoms with Gasteiger partial charge < -0.3 is 18.9 Å². The molecule has 3 heterocycles. The third kappa shape index (κ3) is 2.42. The molecule has 0 amide bonds. The van der Waals surface area contributed by atoms with Crippen LogP contribution in [0.15, 0.2) is 66.7 Å². The highest BCUT2D eigenvalue weighted by Gasteiger charge is 2.60. The largest absolute Gasteiger partial charge is 0.536 e. The minimum atomic E-state index is -3.79. The smallest absolute Gasteiger partial charge is 0.486 e. The monoisotopic (exact) mass is 410 g/mol. The second kappa shape index (κ2) is 6.09. The molecule has 0 fully saturated rings. The Labute approximate surface area is 170 Å². The molecule has 3 aromatic carbocycles. The first-order chi connectivity index (χ1) is 14.6. The zero-order valence-electron chi connectivity index (χ0n) is 15.6. The Morgan fingerprint density at radius 2 is 1.43 bits per heavy atom. The number of ether oxygens (including phenoxy) is 5. The van der Waals surface area contributed by atoms with Crippen LogP contribution in [0.2, 0.25) is 0 Å². The highest BCUT2D eigenvalue weighted by molar-refractivity contribution is 5.59. The Morgan fingerprint density at radius 1 is 0.700 bits per heavy atom. The van der Waals surface area contributed by atoms with Gasteiger partial charge in [0.25, 0.3) is 0 Å². The summed E-state index contributed by atoms with van der Waals surface area (Å²) in [5.74, 6) is 1.62. The van der Waals surface area contributed by atoms with Gasteiger partial charge in [-0.25, -0.2) is 0 Å². The maximum absolute atomic E-state index is 14.4. The van der Waals surface area contributed by atoms with Crippen LogP contribution in [0.1, 0.15) is 22.8 Å². The summed E-state index contributed by atoms with van der Waals surface area (Å²) in [5.41, 5.74) is 0.388. The first kappa shape index (κ1) is 17.5. The van der Waals surface area contributed by atoms with E-state index >= 15 is 0 Å². The summed E-state index contributed by atoms with van der Waals surface area (Å²) in [6, 6.07) is 19.4. The van der Waals surface area contributed by atoms with Crippen LogP contribution in [0.4, 0.5) is 8.78 Å². The van der Waals surface area contributed by atoms with Crippen molar-refractivity contribution in [2.75, 3.05) is 13.2 Å². The molecule has 0 saturated carbocycles. The number of alkyl halides is 2. The molecule has 0 aromatic heterocycles. The lowest BCUT2D eigenvalue weighted by Gasteiger charge is -2.38. The number of fused-ring (bicyclic) bond motifs is 1. The maximum atomic E-state index is 14.4. The molecule has 0 radical (unpaired) electrons. The molecule has 3 aliphatic rings. The molecule has 30 heavy (non-hydrogen) atoms. The zero-order chi connectivity index (χ0) is 20.3. The van der Waals surface area contributed by atoms with Gasteiger partial charge in [-0.2, -0.15) is 0 Å². The predicted octanol–water partition coefficient (Wildman–Crippen LogP) is 4.79. The van der Waals surface area contributed by atoms with E-state index in [9.17, 15) is 8.78 Å². The fourth-order valence-electron chi connectivity index (χ4n) is 4.37. The number of benzene rings is 3. The van der Waals surface area contributed by atoms with Gasteiger partial charge in [0.05, 0.1) is 5.56 Å². The van der Waals surface area contributed by atoms with Gasteiger partial charge in [0, 0.05) is 11.1 Å². The van der Waals surface area contributed by atoms with E-state index in [4.69, 9.17) is 23.7 Å². The Kier molecular flexibility index (Phi) is 3.56. The molecule has 7 heteroatoms. The van der Waals surface area contributed by atoms with Gasteiger partial charge in [0.1, 0.15) is 30.8 Å². The fourth-order valence-corrected chi connectivity index (χ4v) is 4.37. The average Bonchev–Trinajstić information content (AvgIpc) is 3.09. The predicted molar refractivity (Wildman–Crippen MR) is 101 cm³/mol. The van der Waals surface area contributed by atoms with Crippen molar-refractivity contribution in [2.24, 2.45) is 0 Å². The van der Waals surface area contributed by atoms with E-state index in [1.165, 1.54) is 6.07 Å². The number of hydrogen-bond acceptors (Lipinski definition) is 5. The molecule has 0 aliphatic carbocycles. The Morgan fingerprint density at radius 3 is 2.23 bits per heavy atom. The third-order valence-electron chi connectivity index (χ3n) is 5.59. The molecule has 3 aliphatic heterocycles. The lowest BCUT2D eigenvalue weighted by atomic mass is 9.80. The SMILES string of the molecule is FC1(F)Oc2cccc3c2C(O1)C(c1ccccc1)(c1ccc2c(c1)OCCO2)O3. The van der Waals surface area contributed by atoms with Crippen molar-refractivity contribution in [3.8, 4) is 23.0 Å². The minimum Gasteiger partial charge on any atom is -0.486 e. The van der Waals surface area contributed by atoms with Gasteiger partial charge in [-0.15, -0.1) is 8.78 Å². The van der Waals surface area contributed by atoms with E-state index in [-0.39, 0.29) is 5.75 Å². The second-order valence-electron chi connectivity index (χ2n) is 7.29. The molecule has 5 nitrogen and oxygen atoms in total. The third-order valence-corrected chi connectivity index (χ3v) is 5.59. The molecule has 6 rings (SSSR count). The van der Waals surface area contributed by atoms with E-state index in [0.29, 0.717) is 47.2 Å². The van der Waals surface area contributed by atoms with Crippen molar-refractivity contribution >= 4 is 0 Å². The van der Waals surface area contributed by atoms with Crippen LogP contribution in [-0.2, 0) is 10.3 Å². The molecule has 0 spiro atoms. The van der Waals surface area contributed by atoms with Crippen LogP contribution in [0.3, 0.4) is 0 Å². The average molecular weight is 410 g/mol. The van der Waals surface area contributed by atoms with Crippen molar-refractivity contribution in [3.63, 3.8) is 0 Å². The summed E-state index contributed by atoms with van der Waals surface area (Å²) in [4.78, 5) is 0. The lowest BCUT2D eigenvalue weighted by Crippen LogP contribution is -2.44. The molecular formula is C23H16F2O5. The van der Waals surface area contributed by atoms with Gasteiger partial charge in [-0.1, -0.05) is 42.5 Å². The summed E-state index contributed by atoms with van der Waals surface area (Å²) in [6.07, 6.45) is -4.92. The fraction of sp³-hybridized carbons (Fsp3) is 0.217. The summed E-state index contributed by atoms with van der Waals surface area (Å²) in [6.45, 7) is 0.864. The summed E-state index contributed by atoms with van der Waals surface area (Å²) in [5, 5.41) is 0. The molecular weight excluding hydrogens is 394 g/mol. The Bertz CT molecular complexity index is 1130. The minimum absolute atomic E-state index is 0.0455. The van der Waals surface area contributed by atoms with Crippen molar-refractivity contribution in [2.45, 2.75) is 18.0 Å². The lowest BCUT2D eigenvalue weighted by molar-refractivity contribution is -0.390. The van der Waals surface area contributed by atoms with Crippen molar-refractivity contribution in [1.29, 1.82) is 0 Å². The number of rotatable bonds is 2. The van der Waals surface area contributed by atoms with E-state index in [0.717, 1.165) is 0 Å². The zero-order valence-corrected chi connectivity index (χ0v) is 15.6. The van der Waals surface area contributed by atoms with Gasteiger partial charge in [0.15, 0.2) is 17.1 Å². The standard InChI is InChI=1S/C23H16F2O5/c24-23(25)29-18-8-4-7-17-20(18)21(30-23)22(28-17,14-5-2-1-3-6-14)15-9-10-16-19(13-15)27-12-11-26-16/h1-10,13,21H,11-12H2. The van der Waals surface area contributed by atoms with Crippen LogP contribution < -0.4 is 18.9 Å². The number of hydrogen-bond donors (Lipinski definition) is 0. The van der Waals surface area contributed by atoms with Crippen LogP contribution in [0.25, 0.3) is 0 Å². The molecule has 2 unspecified atom stereocenters. The van der Waals surface area contributed by atoms with E-state index in [2.05, 4.69) is 0 Å². The van der Waals surface area contributed by atoms with Gasteiger partial charge in [0.2, 0.25) is 0 Å². The number of halogens is 2. The van der Waals surface area contributed by atoms with Gasteiger partial charge in [-0.05, 0) is 24.3 Å². The highest BCUT2D eigenvalue weighted by Crippen LogP contribution is 2.61. The van der Waals surface area contributed by atoms with E-state index in [1.54, 1.807) is 30.3 Å². The van der Waals surface area contributed by atoms with Crippen molar-refractivity contribution in [1.82, 2.24) is 0 Å².